The molecule has 0 aliphatic heterocycles. The average molecular weight is 150 g/mol. The molecule has 3 aliphatic rings. The molecule has 0 aromatic carbocycles. The fourth-order valence-corrected chi connectivity index (χ4v) is 2.89. The maximum absolute atomic E-state index is 4.15. The summed E-state index contributed by atoms with van der Waals surface area (Å²) in [7, 11) is 0. The van der Waals surface area contributed by atoms with E-state index in [4.69, 9.17) is 0 Å². The summed E-state index contributed by atoms with van der Waals surface area (Å²) >= 11 is 0. The van der Waals surface area contributed by atoms with Gasteiger partial charge in [-0.3, -0.25) is 0 Å². The third-order valence-corrected chi connectivity index (χ3v) is 4.00. The minimum atomic E-state index is 0.592. The van der Waals surface area contributed by atoms with E-state index in [1.165, 1.54) is 44.1 Å². The minimum absolute atomic E-state index is 0.592. The molecule has 0 amide bonds. The van der Waals surface area contributed by atoms with Crippen molar-refractivity contribution in [2.75, 3.05) is 0 Å². The van der Waals surface area contributed by atoms with E-state index < -0.39 is 0 Å². The second kappa shape index (κ2) is 2.36. The Morgan fingerprint density at radius 3 is 1.91 bits per heavy atom. The topological polar surface area (TPSA) is 0 Å². The van der Waals surface area contributed by atoms with Crippen LogP contribution in [0.3, 0.4) is 0 Å². The lowest BCUT2D eigenvalue weighted by Gasteiger charge is -2.47. The molecule has 3 fully saturated rings. The third kappa shape index (κ3) is 1.04. The van der Waals surface area contributed by atoms with Crippen molar-refractivity contribution in [2.24, 2.45) is 11.3 Å². The molecule has 0 spiro atoms. The average Bonchev–Trinajstić information content (AvgIpc) is 2.08. The highest BCUT2D eigenvalue weighted by molar-refractivity contribution is 5.11. The van der Waals surface area contributed by atoms with Crippen LogP contribution in [0.2, 0.25) is 0 Å². The van der Waals surface area contributed by atoms with Crippen LogP contribution in [0.4, 0.5) is 0 Å². The zero-order valence-corrected chi connectivity index (χ0v) is 7.53. The monoisotopic (exact) mass is 150 g/mol. The standard InChI is InChI=1S/C11H18/c1-9(2)11-6-3-10(4-7-11)5-8-11/h10H,1,3-8H2,2H3. The van der Waals surface area contributed by atoms with Gasteiger partial charge in [-0.15, -0.1) is 0 Å². The lowest BCUT2D eigenvalue weighted by molar-refractivity contribution is 0.0996. The van der Waals surface area contributed by atoms with E-state index in [9.17, 15) is 0 Å². The van der Waals surface area contributed by atoms with Gasteiger partial charge in [0.15, 0.2) is 0 Å². The first kappa shape index (κ1) is 7.39. The Hall–Kier alpha value is -0.260. The highest BCUT2D eigenvalue weighted by atomic mass is 14.4. The van der Waals surface area contributed by atoms with Gasteiger partial charge in [0, 0.05) is 0 Å². The fraction of sp³-hybridized carbons (Fsp3) is 0.818. The summed E-state index contributed by atoms with van der Waals surface area (Å²) < 4.78 is 0. The number of rotatable bonds is 1. The molecule has 0 unspecified atom stereocenters. The molecular weight excluding hydrogens is 132 g/mol. The molecule has 0 nitrogen and oxygen atoms in total. The fourth-order valence-electron chi connectivity index (χ4n) is 2.89. The van der Waals surface area contributed by atoms with E-state index in [0.29, 0.717) is 5.41 Å². The van der Waals surface area contributed by atoms with Crippen molar-refractivity contribution >= 4 is 0 Å². The Morgan fingerprint density at radius 2 is 1.64 bits per heavy atom. The van der Waals surface area contributed by atoms with Gasteiger partial charge in [0.25, 0.3) is 0 Å². The van der Waals surface area contributed by atoms with Crippen molar-refractivity contribution in [3.05, 3.63) is 12.2 Å². The van der Waals surface area contributed by atoms with Crippen LogP contribution >= 0.6 is 0 Å². The van der Waals surface area contributed by atoms with Crippen molar-refractivity contribution < 1.29 is 0 Å². The highest BCUT2D eigenvalue weighted by Gasteiger charge is 2.40. The highest BCUT2D eigenvalue weighted by Crippen LogP contribution is 2.53. The van der Waals surface area contributed by atoms with Gasteiger partial charge in [0.1, 0.15) is 0 Å². The molecular formula is C11H18. The SMILES string of the molecule is C=C(C)C12CCC(CC1)CC2. The first-order chi connectivity index (χ1) is 5.23. The summed E-state index contributed by atoms with van der Waals surface area (Å²) in [5, 5.41) is 0. The Balaban J connectivity index is 2.18. The molecule has 3 aliphatic carbocycles. The molecule has 3 saturated carbocycles. The van der Waals surface area contributed by atoms with Crippen LogP contribution in [0.1, 0.15) is 45.4 Å². The van der Waals surface area contributed by atoms with Crippen LogP contribution in [0.25, 0.3) is 0 Å². The largest absolute Gasteiger partial charge is 0.0996 e. The third-order valence-electron chi connectivity index (χ3n) is 4.00. The summed E-state index contributed by atoms with van der Waals surface area (Å²) in [6, 6.07) is 0. The summed E-state index contributed by atoms with van der Waals surface area (Å²) in [5.74, 6) is 1.08. The normalized spacial score (nSPS) is 42.5. The second-order valence-corrected chi connectivity index (χ2v) is 4.54. The van der Waals surface area contributed by atoms with Crippen LogP contribution in [0.15, 0.2) is 12.2 Å². The molecule has 0 aromatic rings. The van der Waals surface area contributed by atoms with Gasteiger partial charge >= 0.3 is 0 Å². The Labute approximate surface area is 69.7 Å². The molecule has 62 valence electrons. The smallest absolute Gasteiger partial charge is 0.00932 e. The van der Waals surface area contributed by atoms with E-state index in [-0.39, 0.29) is 0 Å². The second-order valence-electron chi connectivity index (χ2n) is 4.54. The van der Waals surface area contributed by atoms with Crippen molar-refractivity contribution in [1.82, 2.24) is 0 Å². The van der Waals surface area contributed by atoms with Crippen LogP contribution in [0, 0.1) is 11.3 Å². The number of allylic oxidation sites excluding steroid dienone is 1. The van der Waals surface area contributed by atoms with Crippen molar-refractivity contribution in [3.63, 3.8) is 0 Å². The summed E-state index contributed by atoms with van der Waals surface area (Å²) in [4.78, 5) is 0. The number of hydrogen-bond acceptors (Lipinski definition) is 0. The first-order valence-electron chi connectivity index (χ1n) is 4.89. The van der Waals surface area contributed by atoms with Crippen molar-refractivity contribution in [1.29, 1.82) is 0 Å². The molecule has 0 heteroatoms. The van der Waals surface area contributed by atoms with Gasteiger partial charge in [-0.05, 0) is 56.8 Å². The van der Waals surface area contributed by atoms with Gasteiger partial charge in [0.2, 0.25) is 0 Å². The molecule has 0 saturated heterocycles. The van der Waals surface area contributed by atoms with E-state index in [1.54, 1.807) is 0 Å². The van der Waals surface area contributed by atoms with Crippen LogP contribution < -0.4 is 0 Å². The van der Waals surface area contributed by atoms with E-state index in [1.807, 2.05) is 0 Å². The molecule has 0 heterocycles. The molecule has 0 aromatic heterocycles. The predicted molar refractivity (Wildman–Crippen MR) is 48.4 cm³/mol. The quantitative estimate of drug-likeness (QED) is 0.502. The number of fused-ring (bicyclic) bond motifs is 3. The summed E-state index contributed by atoms with van der Waals surface area (Å²) in [5.41, 5.74) is 2.05. The lowest BCUT2D eigenvalue weighted by atomic mass is 9.58. The molecule has 2 bridgehead atoms. The summed E-state index contributed by atoms with van der Waals surface area (Å²) in [6.45, 7) is 6.37. The van der Waals surface area contributed by atoms with Crippen LogP contribution in [0.5, 0.6) is 0 Å². The molecule has 0 radical (unpaired) electrons. The van der Waals surface area contributed by atoms with Crippen molar-refractivity contribution in [2.45, 2.75) is 45.4 Å². The van der Waals surface area contributed by atoms with Crippen molar-refractivity contribution in [3.8, 4) is 0 Å². The Bertz CT molecular complexity index is 157. The molecule has 0 N–H and O–H groups in total. The Kier molecular flexibility index (Phi) is 1.59. The van der Waals surface area contributed by atoms with E-state index in [2.05, 4.69) is 13.5 Å². The van der Waals surface area contributed by atoms with Gasteiger partial charge in [-0.25, -0.2) is 0 Å². The maximum atomic E-state index is 4.15. The van der Waals surface area contributed by atoms with Gasteiger partial charge in [0.05, 0.1) is 0 Å². The van der Waals surface area contributed by atoms with E-state index in [0.717, 1.165) is 5.92 Å². The van der Waals surface area contributed by atoms with Gasteiger partial charge in [-0.1, -0.05) is 12.2 Å². The van der Waals surface area contributed by atoms with Crippen LogP contribution in [-0.2, 0) is 0 Å². The predicted octanol–water partition coefficient (Wildman–Crippen LogP) is 3.53. The summed E-state index contributed by atoms with van der Waals surface area (Å²) in [6.07, 6.45) is 8.75. The first-order valence-corrected chi connectivity index (χ1v) is 4.89. The lowest BCUT2D eigenvalue weighted by Crippen LogP contribution is -2.34. The molecule has 0 atom stereocenters. The van der Waals surface area contributed by atoms with Gasteiger partial charge in [-0.2, -0.15) is 0 Å². The number of hydrogen-bond donors (Lipinski definition) is 0. The molecule has 11 heavy (non-hydrogen) atoms. The van der Waals surface area contributed by atoms with Crippen LogP contribution in [-0.4, -0.2) is 0 Å². The zero-order chi connectivity index (χ0) is 7.90. The van der Waals surface area contributed by atoms with Gasteiger partial charge < -0.3 is 0 Å². The maximum Gasteiger partial charge on any atom is -0.00932 e. The zero-order valence-electron chi connectivity index (χ0n) is 7.53. The van der Waals surface area contributed by atoms with E-state index >= 15 is 0 Å². The minimum Gasteiger partial charge on any atom is -0.0996 e. The molecule has 3 rings (SSSR count). The Morgan fingerprint density at radius 1 is 1.18 bits per heavy atom.